The van der Waals surface area contributed by atoms with E-state index >= 15 is 0 Å². The van der Waals surface area contributed by atoms with Crippen LogP contribution in [-0.4, -0.2) is 36.4 Å². The van der Waals surface area contributed by atoms with Crippen LogP contribution < -0.4 is 5.73 Å². The first-order chi connectivity index (χ1) is 9.08. The number of likely N-dealkylation sites (N-methyl/N-ethyl adjacent to an activating group) is 1. The molecule has 2 aromatic rings. The maximum Gasteiger partial charge on any atom is 0.217 e. The Bertz CT molecular complexity index is 572. The standard InChI is InChI=1S/C15H21N3O/c1-18(2)9-8-12-10-17-13-5-3-4-11(15(12)13)6-7-14(16)19/h3-5,10,17H,6-9H2,1-2H3,(H2,16,19). The van der Waals surface area contributed by atoms with E-state index in [0.717, 1.165) is 18.5 Å². The summed E-state index contributed by atoms with van der Waals surface area (Å²) in [5.41, 5.74) is 8.89. The Morgan fingerprint density at radius 2 is 2.05 bits per heavy atom. The van der Waals surface area contributed by atoms with Gasteiger partial charge < -0.3 is 15.6 Å². The Hall–Kier alpha value is -1.81. The quantitative estimate of drug-likeness (QED) is 0.829. The normalized spacial score (nSPS) is 11.3. The van der Waals surface area contributed by atoms with Gasteiger partial charge in [-0.1, -0.05) is 12.1 Å². The van der Waals surface area contributed by atoms with E-state index in [9.17, 15) is 4.79 Å². The number of amides is 1. The van der Waals surface area contributed by atoms with E-state index in [4.69, 9.17) is 5.73 Å². The summed E-state index contributed by atoms with van der Waals surface area (Å²) < 4.78 is 0. The molecule has 0 saturated heterocycles. The van der Waals surface area contributed by atoms with Crippen molar-refractivity contribution in [1.82, 2.24) is 9.88 Å². The third-order valence-corrected chi connectivity index (χ3v) is 3.34. The van der Waals surface area contributed by atoms with Gasteiger partial charge in [-0.15, -0.1) is 0 Å². The molecule has 1 aromatic carbocycles. The van der Waals surface area contributed by atoms with Crippen molar-refractivity contribution in [2.75, 3.05) is 20.6 Å². The van der Waals surface area contributed by atoms with E-state index in [0.29, 0.717) is 12.8 Å². The van der Waals surface area contributed by atoms with Crippen LogP contribution >= 0.6 is 0 Å². The third kappa shape index (κ3) is 3.35. The van der Waals surface area contributed by atoms with Crippen molar-refractivity contribution < 1.29 is 4.79 Å². The third-order valence-electron chi connectivity index (χ3n) is 3.34. The molecule has 0 aliphatic heterocycles. The van der Waals surface area contributed by atoms with Crippen LogP contribution in [0.5, 0.6) is 0 Å². The highest BCUT2D eigenvalue weighted by atomic mass is 16.1. The second kappa shape index (κ2) is 5.89. The molecule has 1 amide bonds. The Balaban J connectivity index is 2.29. The van der Waals surface area contributed by atoms with Crippen LogP contribution in [0.15, 0.2) is 24.4 Å². The maximum absolute atomic E-state index is 11.0. The van der Waals surface area contributed by atoms with Crippen molar-refractivity contribution in [2.45, 2.75) is 19.3 Å². The SMILES string of the molecule is CN(C)CCc1c[nH]c2cccc(CCC(N)=O)c12. The zero-order valence-electron chi connectivity index (χ0n) is 11.6. The zero-order chi connectivity index (χ0) is 13.8. The highest BCUT2D eigenvalue weighted by molar-refractivity contribution is 5.87. The Labute approximate surface area is 113 Å². The first kappa shape index (κ1) is 13.6. The first-order valence-corrected chi connectivity index (χ1v) is 6.59. The number of nitrogens with one attached hydrogen (secondary N) is 1. The van der Waals surface area contributed by atoms with E-state index in [1.165, 1.54) is 16.5 Å². The average Bonchev–Trinajstić information content (AvgIpc) is 2.77. The van der Waals surface area contributed by atoms with Crippen molar-refractivity contribution in [3.05, 3.63) is 35.5 Å². The molecule has 3 N–H and O–H groups in total. The number of nitrogens with two attached hydrogens (primary N) is 1. The molecule has 0 unspecified atom stereocenters. The lowest BCUT2D eigenvalue weighted by Gasteiger charge is -2.10. The molecule has 0 aliphatic rings. The minimum Gasteiger partial charge on any atom is -0.370 e. The molecule has 0 saturated carbocycles. The Morgan fingerprint density at radius 1 is 1.26 bits per heavy atom. The first-order valence-electron chi connectivity index (χ1n) is 6.59. The number of carbonyl (C=O) groups excluding carboxylic acids is 1. The summed E-state index contributed by atoms with van der Waals surface area (Å²) in [6.45, 7) is 1.01. The lowest BCUT2D eigenvalue weighted by molar-refractivity contribution is -0.117. The molecule has 4 heteroatoms. The Kier molecular flexibility index (Phi) is 4.22. The van der Waals surface area contributed by atoms with Crippen LogP contribution in [0.4, 0.5) is 0 Å². The van der Waals surface area contributed by atoms with Crippen LogP contribution in [0.2, 0.25) is 0 Å². The Morgan fingerprint density at radius 3 is 2.74 bits per heavy atom. The van der Waals surface area contributed by atoms with Crippen molar-refractivity contribution in [3.8, 4) is 0 Å². The van der Waals surface area contributed by atoms with Crippen molar-refractivity contribution >= 4 is 16.8 Å². The molecule has 0 fully saturated rings. The fraction of sp³-hybridized carbons (Fsp3) is 0.400. The van der Waals surface area contributed by atoms with Crippen LogP contribution in [0.1, 0.15) is 17.5 Å². The fourth-order valence-corrected chi connectivity index (χ4v) is 2.34. The number of rotatable bonds is 6. The molecule has 1 heterocycles. The molecule has 0 aliphatic carbocycles. The number of aromatic nitrogens is 1. The van der Waals surface area contributed by atoms with E-state index < -0.39 is 0 Å². The summed E-state index contributed by atoms with van der Waals surface area (Å²) in [5.74, 6) is -0.248. The van der Waals surface area contributed by atoms with Gasteiger partial charge in [-0.05, 0) is 44.1 Å². The van der Waals surface area contributed by atoms with Crippen LogP contribution in [-0.2, 0) is 17.6 Å². The largest absolute Gasteiger partial charge is 0.370 e. The van der Waals surface area contributed by atoms with Gasteiger partial charge in [-0.2, -0.15) is 0 Å². The molecular weight excluding hydrogens is 238 g/mol. The second-order valence-corrected chi connectivity index (χ2v) is 5.17. The van der Waals surface area contributed by atoms with E-state index in [1.54, 1.807) is 0 Å². The lowest BCUT2D eigenvalue weighted by Crippen LogP contribution is -2.15. The topological polar surface area (TPSA) is 62.1 Å². The van der Waals surface area contributed by atoms with Crippen molar-refractivity contribution in [2.24, 2.45) is 5.73 Å². The number of fused-ring (bicyclic) bond motifs is 1. The molecule has 1 aromatic heterocycles. The van der Waals surface area contributed by atoms with Gasteiger partial charge in [0.05, 0.1) is 0 Å². The van der Waals surface area contributed by atoms with Crippen LogP contribution in [0.25, 0.3) is 10.9 Å². The number of benzene rings is 1. The summed E-state index contributed by atoms with van der Waals surface area (Å²) in [6.07, 6.45) is 4.18. The molecule has 0 radical (unpaired) electrons. The lowest BCUT2D eigenvalue weighted by atomic mass is 10.0. The maximum atomic E-state index is 11.0. The number of H-pyrrole nitrogens is 1. The van der Waals surface area contributed by atoms with Gasteiger partial charge in [0.1, 0.15) is 0 Å². The predicted molar refractivity (Wildman–Crippen MR) is 78.1 cm³/mol. The molecule has 0 atom stereocenters. The van der Waals surface area contributed by atoms with Gasteiger partial charge in [-0.3, -0.25) is 4.79 Å². The molecule has 19 heavy (non-hydrogen) atoms. The zero-order valence-corrected chi connectivity index (χ0v) is 11.6. The number of primary amides is 1. The minimum atomic E-state index is -0.248. The number of carbonyl (C=O) groups is 1. The summed E-state index contributed by atoms with van der Waals surface area (Å²) in [5, 5.41) is 1.26. The number of hydrogen-bond donors (Lipinski definition) is 2. The summed E-state index contributed by atoms with van der Waals surface area (Å²) >= 11 is 0. The summed E-state index contributed by atoms with van der Waals surface area (Å²) in [7, 11) is 4.14. The van der Waals surface area contributed by atoms with Crippen LogP contribution in [0.3, 0.4) is 0 Å². The van der Waals surface area contributed by atoms with Gasteiger partial charge in [0.15, 0.2) is 0 Å². The van der Waals surface area contributed by atoms with Crippen LogP contribution in [0, 0.1) is 0 Å². The van der Waals surface area contributed by atoms with Crippen molar-refractivity contribution in [3.63, 3.8) is 0 Å². The highest BCUT2D eigenvalue weighted by Crippen LogP contribution is 2.24. The van der Waals surface area contributed by atoms with Gasteiger partial charge >= 0.3 is 0 Å². The number of aromatic amines is 1. The summed E-state index contributed by atoms with van der Waals surface area (Å²) in [6, 6.07) is 6.17. The monoisotopic (exact) mass is 259 g/mol. The molecule has 0 bridgehead atoms. The van der Waals surface area contributed by atoms with Gasteiger partial charge in [-0.25, -0.2) is 0 Å². The number of hydrogen-bond acceptors (Lipinski definition) is 2. The summed E-state index contributed by atoms with van der Waals surface area (Å²) in [4.78, 5) is 16.4. The molecule has 2 rings (SSSR count). The van der Waals surface area contributed by atoms with E-state index in [2.05, 4.69) is 42.3 Å². The minimum absolute atomic E-state index is 0.248. The number of nitrogens with zero attached hydrogens (tertiary/aromatic N) is 1. The molecular formula is C15H21N3O. The smallest absolute Gasteiger partial charge is 0.217 e. The van der Waals surface area contributed by atoms with Gasteiger partial charge in [0.25, 0.3) is 0 Å². The van der Waals surface area contributed by atoms with E-state index in [1.807, 2.05) is 6.07 Å². The van der Waals surface area contributed by atoms with E-state index in [-0.39, 0.29) is 5.91 Å². The molecule has 102 valence electrons. The highest BCUT2D eigenvalue weighted by Gasteiger charge is 2.09. The van der Waals surface area contributed by atoms with Gasteiger partial charge in [0, 0.05) is 30.1 Å². The van der Waals surface area contributed by atoms with Crippen molar-refractivity contribution in [1.29, 1.82) is 0 Å². The fourth-order valence-electron chi connectivity index (χ4n) is 2.34. The van der Waals surface area contributed by atoms with Gasteiger partial charge in [0.2, 0.25) is 5.91 Å². The molecule has 4 nitrogen and oxygen atoms in total. The second-order valence-electron chi connectivity index (χ2n) is 5.17. The average molecular weight is 259 g/mol. The number of aryl methyl sites for hydroxylation is 1. The predicted octanol–water partition coefficient (Wildman–Crippen LogP) is 1.69. The molecule has 0 spiro atoms.